The predicted molar refractivity (Wildman–Crippen MR) is 89.9 cm³/mol. The number of nitriles is 1. The normalized spacial score (nSPS) is 10.9. The molecule has 3 aromatic rings. The van der Waals surface area contributed by atoms with E-state index in [1.165, 1.54) is 40.8 Å². The van der Waals surface area contributed by atoms with Crippen molar-refractivity contribution in [3.63, 3.8) is 0 Å². The predicted octanol–water partition coefficient (Wildman–Crippen LogP) is 3.07. The van der Waals surface area contributed by atoms with E-state index in [0.29, 0.717) is 10.7 Å². The Labute approximate surface area is 136 Å². The number of para-hydroxylation sites is 1. The summed E-state index contributed by atoms with van der Waals surface area (Å²) < 4.78 is 1.00. The average Bonchev–Trinajstić information content (AvgIpc) is 2.98. The molecule has 2 aromatic carbocycles. The molecule has 0 bridgehead atoms. The molecule has 2 N–H and O–H groups in total. The lowest BCUT2D eigenvalue weighted by molar-refractivity contribution is 0.459. The van der Waals surface area contributed by atoms with E-state index in [1.54, 1.807) is 0 Å². The highest BCUT2D eigenvalue weighted by Gasteiger charge is 2.11. The largest absolute Gasteiger partial charge is 0.508 e. The second-order valence-electron chi connectivity index (χ2n) is 4.67. The molecule has 0 unspecified atom stereocenters. The third kappa shape index (κ3) is 3.22. The fourth-order valence-electron chi connectivity index (χ4n) is 1.97. The van der Waals surface area contributed by atoms with Crippen LogP contribution in [0.2, 0.25) is 0 Å². The number of hydrazone groups is 1. The maximum Gasteiger partial charge on any atom is 0.208 e. The molecule has 0 atom stereocenters. The first kappa shape index (κ1) is 14.8. The van der Waals surface area contributed by atoms with Crippen molar-refractivity contribution in [3.8, 4) is 17.6 Å². The highest BCUT2D eigenvalue weighted by atomic mass is 32.1. The van der Waals surface area contributed by atoms with Crippen LogP contribution in [0.3, 0.4) is 0 Å². The highest BCUT2D eigenvalue weighted by Crippen LogP contribution is 2.29. The first-order valence-electron chi connectivity index (χ1n) is 6.73. The summed E-state index contributed by atoms with van der Waals surface area (Å²) in [6.45, 7) is 0.0237. The van der Waals surface area contributed by atoms with E-state index in [-0.39, 0.29) is 18.0 Å². The Morgan fingerprint density at radius 2 is 2.09 bits per heavy atom. The average molecular weight is 324 g/mol. The maximum absolute atomic E-state index is 9.76. The third-order valence-corrected chi connectivity index (χ3v) is 4.12. The minimum Gasteiger partial charge on any atom is -0.508 e. The van der Waals surface area contributed by atoms with Gasteiger partial charge in [-0.15, -0.1) is 0 Å². The summed E-state index contributed by atoms with van der Waals surface area (Å²) in [4.78, 5) is 4.45. The Morgan fingerprint density at radius 1 is 1.26 bits per heavy atom. The topological polar surface area (TPSA) is 92.7 Å². The van der Waals surface area contributed by atoms with Gasteiger partial charge < -0.3 is 10.2 Å². The monoisotopic (exact) mass is 324 g/mol. The first-order valence-corrected chi connectivity index (χ1v) is 7.55. The first-order chi connectivity index (χ1) is 11.2. The number of hydrogen-bond acceptors (Lipinski definition) is 7. The molecule has 0 amide bonds. The van der Waals surface area contributed by atoms with E-state index in [1.807, 2.05) is 30.3 Å². The number of anilines is 1. The van der Waals surface area contributed by atoms with E-state index in [2.05, 4.69) is 10.1 Å². The number of phenolic OH excluding ortho intramolecular Hbond substituents is 2. The molecule has 3 rings (SSSR count). The van der Waals surface area contributed by atoms with Gasteiger partial charge in [-0.3, -0.25) is 0 Å². The summed E-state index contributed by atoms with van der Waals surface area (Å²) in [5.74, 6) is 0.0174. The van der Waals surface area contributed by atoms with Crippen LogP contribution < -0.4 is 5.01 Å². The molecule has 0 saturated carbocycles. The van der Waals surface area contributed by atoms with Crippen molar-refractivity contribution < 1.29 is 10.2 Å². The second kappa shape index (κ2) is 6.34. The van der Waals surface area contributed by atoms with Crippen LogP contribution in [-0.2, 0) is 0 Å². The minimum absolute atomic E-state index is 0.00671. The third-order valence-electron chi connectivity index (χ3n) is 3.07. The lowest BCUT2D eigenvalue weighted by Crippen LogP contribution is -2.16. The van der Waals surface area contributed by atoms with Gasteiger partial charge in [0.2, 0.25) is 5.13 Å². The Kier molecular flexibility index (Phi) is 4.08. The molecule has 0 spiro atoms. The van der Waals surface area contributed by atoms with Gasteiger partial charge in [-0.05, 0) is 30.3 Å². The van der Waals surface area contributed by atoms with Gasteiger partial charge in [0, 0.05) is 5.56 Å². The molecule has 0 radical (unpaired) electrons. The number of hydrogen-bond donors (Lipinski definition) is 2. The Morgan fingerprint density at radius 3 is 2.87 bits per heavy atom. The number of rotatable bonds is 4. The number of nitrogens with zero attached hydrogens (tertiary/aromatic N) is 4. The van der Waals surface area contributed by atoms with Crippen LogP contribution in [0.4, 0.5) is 5.13 Å². The molecular weight excluding hydrogens is 312 g/mol. The number of aromatic hydroxyl groups is 2. The molecule has 0 fully saturated rings. The van der Waals surface area contributed by atoms with Gasteiger partial charge in [-0.2, -0.15) is 10.4 Å². The zero-order valence-corrected chi connectivity index (χ0v) is 12.7. The molecule has 0 aliphatic carbocycles. The zero-order valence-electron chi connectivity index (χ0n) is 11.9. The van der Waals surface area contributed by atoms with Gasteiger partial charge in [0.05, 0.1) is 22.5 Å². The summed E-state index contributed by atoms with van der Waals surface area (Å²) in [5, 5.41) is 34.5. The maximum atomic E-state index is 9.76. The highest BCUT2D eigenvalue weighted by molar-refractivity contribution is 7.22. The minimum atomic E-state index is -0.00671. The van der Waals surface area contributed by atoms with Crippen LogP contribution in [-0.4, -0.2) is 28.0 Å². The van der Waals surface area contributed by atoms with Crippen LogP contribution >= 0.6 is 11.3 Å². The molecular formula is C16H12N4O2S. The summed E-state index contributed by atoms with van der Waals surface area (Å²) in [5.41, 5.74) is 1.19. The van der Waals surface area contributed by atoms with Crippen molar-refractivity contribution >= 4 is 32.9 Å². The lowest BCUT2D eigenvalue weighted by Gasteiger charge is -2.11. The van der Waals surface area contributed by atoms with Crippen LogP contribution in [0.25, 0.3) is 10.2 Å². The van der Waals surface area contributed by atoms with Gasteiger partial charge in [0.25, 0.3) is 0 Å². The standard InChI is InChI=1S/C16H12N4O2S/c17-7-8-20(16-19-13-3-1-2-4-15(13)23-16)18-10-11-9-12(21)5-6-14(11)22/h1-6,9-10,21-22H,8H2/b18-10+. The number of thiazole rings is 1. The number of benzene rings is 2. The summed E-state index contributed by atoms with van der Waals surface area (Å²) in [6, 6.07) is 13.9. The van der Waals surface area contributed by atoms with E-state index >= 15 is 0 Å². The summed E-state index contributed by atoms with van der Waals surface area (Å²) >= 11 is 1.43. The molecule has 0 aliphatic rings. The Hall–Kier alpha value is -3.11. The molecule has 23 heavy (non-hydrogen) atoms. The second-order valence-corrected chi connectivity index (χ2v) is 5.68. The SMILES string of the molecule is N#CCN(/N=C/c1cc(O)ccc1O)c1nc2ccccc2s1. The molecule has 1 aromatic heterocycles. The van der Waals surface area contributed by atoms with Crippen molar-refractivity contribution in [1.29, 1.82) is 5.26 Å². The number of fused-ring (bicyclic) bond motifs is 1. The van der Waals surface area contributed by atoms with E-state index < -0.39 is 0 Å². The van der Waals surface area contributed by atoms with Crippen LogP contribution in [0.5, 0.6) is 11.5 Å². The van der Waals surface area contributed by atoms with Gasteiger partial charge in [0.15, 0.2) is 0 Å². The molecule has 6 nitrogen and oxygen atoms in total. The van der Waals surface area contributed by atoms with Gasteiger partial charge in [-0.1, -0.05) is 23.5 Å². The zero-order chi connectivity index (χ0) is 16.2. The summed E-state index contributed by atoms with van der Waals surface area (Å²) in [7, 11) is 0. The molecule has 1 heterocycles. The van der Waals surface area contributed by atoms with Gasteiger partial charge in [-0.25, -0.2) is 9.99 Å². The van der Waals surface area contributed by atoms with Crippen molar-refractivity contribution in [2.24, 2.45) is 5.10 Å². The van der Waals surface area contributed by atoms with Crippen LogP contribution in [0.15, 0.2) is 47.6 Å². The fourth-order valence-corrected chi connectivity index (χ4v) is 2.90. The quantitative estimate of drug-likeness (QED) is 0.333. The van der Waals surface area contributed by atoms with Gasteiger partial charge in [0.1, 0.15) is 18.0 Å². The molecule has 114 valence electrons. The van der Waals surface area contributed by atoms with Crippen molar-refractivity contribution in [3.05, 3.63) is 48.0 Å². The van der Waals surface area contributed by atoms with Crippen LogP contribution in [0.1, 0.15) is 5.56 Å². The van der Waals surface area contributed by atoms with E-state index in [0.717, 1.165) is 10.2 Å². The fraction of sp³-hybridized carbons (Fsp3) is 0.0625. The number of aromatic nitrogens is 1. The molecule has 7 heteroatoms. The smallest absolute Gasteiger partial charge is 0.208 e. The van der Waals surface area contributed by atoms with Crippen LogP contribution in [0, 0.1) is 11.3 Å². The van der Waals surface area contributed by atoms with Gasteiger partial charge >= 0.3 is 0 Å². The van der Waals surface area contributed by atoms with E-state index in [4.69, 9.17) is 5.26 Å². The van der Waals surface area contributed by atoms with Crippen molar-refractivity contribution in [1.82, 2.24) is 4.98 Å². The Bertz CT molecular complexity index is 881. The molecule has 0 saturated heterocycles. The van der Waals surface area contributed by atoms with E-state index in [9.17, 15) is 10.2 Å². The van der Waals surface area contributed by atoms with Crippen molar-refractivity contribution in [2.45, 2.75) is 0 Å². The molecule has 0 aliphatic heterocycles. The Balaban J connectivity index is 1.94. The number of phenols is 2. The lowest BCUT2D eigenvalue weighted by atomic mass is 10.2. The summed E-state index contributed by atoms with van der Waals surface area (Å²) in [6.07, 6.45) is 1.39. The van der Waals surface area contributed by atoms with Crippen molar-refractivity contribution in [2.75, 3.05) is 11.6 Å².